The van der Waals surface area contributed by atoms with E-state index in [1.54, 1.807) is 12.1 Å². The Morgan fingerprint density at radius 1 is 1.10 bits per heavy atom. The molecule has 270 valence electrons. The van der Waals surface area contributed by atoms with Gasteiger partial charge in [-0.15, -0.1) is 11.3 Å². The Labute approximate surface area is 305 Å². The predicted octanol–water partition coefficient (Wildman–Crippen LogP) is 7.75. The predicted molar refractivity (Wildman–Crippen MR) is 184 cm³/mol. The summed E-state index contributed by atoms with van der Waals surface area (Å²) in [6, 6.07) is 11.5. The van der Waals surface area contributed by atoms with E-state index in [1.165, 1.54) is 43.5 Å². The number of aromatic carboxylic acids is 1. The van der Waals surface area contributed by atoms with Crippen LogP contribution < -0.4 is 19.1 Å². The van der Waals surface area contributed by atoms with Crippen molar-refractivity contribution in [3.8, 4) is 11.5 Å². The van der Waals surface area contributed by atoms with E-state index in [-0.39, 0.29) is 62.7 Å². The molecule has 3 aliphatic rings. The first-order chi connectivity index (χ1) is 24.4. The van der Waals surface area contributed by atoms with E-state index in [0.717, 1.165) is 54.6 Å². The number of nitrogens with zero attached hydrogens (tertiary/aromatic N) is 3. The molecule has 7 rings (SSSR count). The van der Waals surface area contributed by atoms with Crippen LogP contribution in [0.2, 0.25) is 10.0 Å². The number of aromatic nitrogens is 1. The number of amides is 1. The van der Waals surface area contributed by atoms with Crippen molar-refractivity contribution in [1.29, 1.82) is 0 Å². The number of methoxy groups -OCH3 is 1. The topological polar surface area (TPSA) is 115 Å². The first-order valence-electron chi connectivity index (χ1n) is 15.9. The number of hydrogen-bond donors (Lipinski definition) is 1. The van der Waals surface area contributed by atoms with E-state index in [9.17, 15) is 28.7 Å². The van der Waals surface area contributed by atoms with Crippen LogP contribution in [-0.4, -0.2) is 61.5 Å². The highest BCUT2D eigenvalue weighted by Crippen LogP contribution is 2.42. The molecule has 4 aromatic rings. The van der Waals surface area contributed by atoms with Gasteiger partial charge in [-0.3, -0.25) is 9.80 Å². The molecular weight excluding hydrogens is 734 g/mol. The molecule has 51 heavy (non-hydrogen) atoms. The summed E-state index contributed by atoms with van der Waals surface area (Å²) >= 11 is 13.8. The fraction of sp³-hybridized carbons (Fsp3) is 0.343. The Balaban J connectivity index is 1.41. The summed E-state index contributed by atoms with van der Waals surface area (Å²) in [5, 5.41) is 22.5. The number of carboxylic acids is 1. The zero-order valence-electron chi connectivity index (χ0n) is 27.1. The molecule has 0 aliphatic carbocycles. The van der Waals surface area contributed by atoms with Crippen LogP contribution in [0.25, 0.3) is 0 Å². The second kappa shape index (κ2) is 15.6. The molecule has 2 aromatic heterocycles. The van der Waals surface area contributed by atoms with E-state index in [1.807, 2.05) is 0 Å². The van der Waals surface area contributed by atoms with Crippen LogP contribution in [0.4, 0.5) is 23.7 Å². The van der Waals surface area contributed by atoms with Crippen LogP contribution in [0.15, 0.2) is 60.9 Å². The first-order valence-corrected chi connectivity index (χ1v) is 17.5. The lowest BCUT2D eigenvalue weighted by molar-refractivity contribution is -0.605. The molecule has 2 atom stereocenters. The van der Waals surface area contributed by atoms with Crippen LogP contribution in [-0.2, 0) is 17.7 Å². The number of anilines is 1. The fourth-order valence-electron chi connectivity index (χ4n) is 6.71. The maximum absolute atomic E-state index is 15.3. The number of alkyl halides is 2. The average molecular weight is 767 g/mol. The van der Waals surface area contributed by atoms with Crippen LogP contribution >= 0.6 is 34.5 Å². The van der Waals surface area contributed by atoms with Crippen molar-refractivity contribution in [2.75, 3.05) is 31.6 Å². The van der Waals surface area contributed by atoms with Gasteiger partial charge in [0, 0.05) is 22.9 Å². The monoisotopic (exact) mass is 765 g/mol. The number of hydrogen-bond acceptors (Lipinski definition) is 8. The number of thiophene rings is 1. The van der Waals surface area contributed by atoms with Gasteiger partial charge in [-0.05, 0) is 79.7 Å². The number of carbonyl (C=O) groups excluding carboxylic acids is 1. The van der Waals surface area contributed by atoms with Gasteiger partial charge in [0.1, 0.15) is 26.8 Å². The van der Waals surface area contributed by atoms with Gasteiger partial charge < -0.3 is 24.5 Å². The number of piperidine rings is 3. The van der Waals surface area contributed by atoms with Gasteiger partial charge in [0.15, 0.2) is 23.9 Å². The van der Waals surface area contributed by atoms with Gasteiger partial charge in [-0.2, -0.15) is 13.5 Å². The SMILES string of the molecule is COc1cc([C@H](Cc2c(Cl)c[n+]([O-])cc2Cl)c2cc(CN(C(=O)O[C@H]3CN4CCC3CC4)c3ccccc3F)sc2C(=O)O)ccc1OC(F)F. The maximum Gasteiger partial charge on any atom is 0.415 e. The minimum Gasteiger partial charge on any atom is -0.619 e. The lowest BCUT2D eigenvalue weighted by Gasteiger charge is -2.44. The minimum atomic E-state index is -3.13. The highest BCUT2D eigenvalue weighted by atomic mass is 35.5. The van der Waals surface area contributed by atoms with Gasteiger partial charge in [0.25, 0.3) is 0 Å². The zero-order chi connectivity index (χ0) is 36.4. The lowest BCUT2D eigenvalue weighted by atomic mass is 9.85. The van der Waals surface area contributed by atoms with Crippen LogP contribution in [0.5, 0.6) is 11.5 Å². The summed E-state index contributed by atoms with van der Waals surface area (Å²) < 4.78 is 57.8. The molecule has 1 N–H and O–H groups in total. The zero-order valence-corrected chi connectivity index (χ0v) is 29.4. The van der Waals surface area contributed by atoms with E-state index in [4.69, 9.17) is 32.7 Å². The van der Waals surface area contributed by atoms with Crippen molar-refractivity contribution in [3.05, 3.63) is 108 Å². The van der Waals surface area contributed by atoms with Crippen molar-refractivity contribution in [1.82, 2.24) is 4.90 Å². The quantitative estimate of drug-likeness (QED) is 0.115. The van der Waals surface area contributed by atoms with Crippen molar-refractivity contribution >= 4 is 52.3 Å². The standard InChI is InChI=1S/C35H32Cl2F3N3O7S/c1-48-30-12-20(6-7-29(30)49-34(39)40)22(14-24-25(36)16-42(47)17-26(24)37)23-13-21(51-32(23)33(44)45)15-43(28-5-3-2-4-27(28)38)35(46)50-31-18-41-10-8-19(31)9-11-41/h2-7,12-13,16-17,19,22,31,34H,8-11,14-15,18H2,1H3,(H,44,45)/t22-,31-/m0/s1. The maximum atomic E-state index is 15.3. The lowest BCUT2D eigenvalue weighted by Crippen LogP contribution is -2.53. The molecule has 2 bridgehead atoms. The number of fused-ring (bicyclic) bond motifs is 3. The van der Waals surface area contributed by atoms with E-state index < -0.39 is 30.4 Å². The molecule has 0 unspecified atom stereocenters. The van der Waals surface area contributed by atoms with Gasteiger partial charge in [-0.25, -0.2) is 14.0 Å². The molecule has 10 nitrogen and oxygen atoms in total. The summed E-state index contributed by atoms with van der Waals surface area (Å²) in [4.78, 5) is 30.3. The third-order valence-corrected chi connectivity index (χ3v) is 11.0. The third-order valence-electron chi connectivity index (χ3n) is 9.18. The molecule has 0 radical (unpaired) electrons. The number of halogens is 5. The summed E-state index contributed by atoms with van der Waals surface area (Å²) in [5.41, 5.74) is 0.956. The number of para-hydroxylation sites is 1. The Morgan fingerprint density at radius 2 is 1.80 bits per heavy atom. The van der Waals surface area contributed by atoms with Crippen molar-refractivity contribution in [2.45, 2.75) is 44.4 Å². The van der Waals surface area contributed by atoms with Gasteiger partial charge in [0.2, 0.25) is 0 Å². The molecule has 3 aliphatic heterocycles. The highest BCUT2D eigenvalue weighted by molar-refractivity contribution is 7.14. The molecule has 0 spiro atoms. The van der Waals surface area contributed by atoms with Crippen LogP contribution in [0, 0.1) is 16.9 Å². The molecular formula is C35H32Cl2F3N3O7S. The first kappa shape index (κ1) is 36.5. The molecule has 2 aromatic carbocycles. The average Bonchev–Trinajstić information content (AvgIpc) is 3.52. The fourth-order valence-corrected chi connectivity index (χ4v) is 8.35. The molecule has 5 heterocycles. The summed E-state index contributed by atoms with van der Waals surface area (Å²) in [5.74, 6) is -2.91. The van der Waals surface area contributed by atoms with Gasteiger partial charge >= 0.3 is 18.7 Å². The van der Waals surface area contributed by atoms with E-state index in [0.29, 0.717) is 27.3 Å². The number of ether oxygens (including phenoxy) is 3. The number of pyridine rings is 1. The van der Waals surface area contributed by atoms with Crippen LogP contribution in [0.3, 0.4) is 0 Å². The Bertz CT molecular complexity index is 1900. The second-order valence-electron chi connectivity index (χ2n) is 12.2. The Hall–Kier alpha value is -4.24. The van der Waals surface area contributed by atoms with Crippen molar-refractivity contribution in [3.63, 3.8) is 0 Å². The Morgan fingerprint density at radius 3 is 2.41 bits per heavy atom. The second-order valence-corrected chi connectivity index (χ2v) is 14.2. The number of rotatable bonds is 12. The molecule has 0 saturated carbocycles. The largest absolute Gasteiger partial charge is 0.619 e. The van der Waals surface area contributed by atoms with E-state index >= 15 is 4.39 Å². The van der Waals surface area contributed by atoms with Gasteiger partial charge in [0.05, 0.1) is 19.3 Å². The number of carboxylic acid groups (broad SMARTS) is 1. The van der Waals surface area contributed by atoms with E-state index in [2.05, 4.69) is 9.64 Å². The molecule has 3 fully saturated rings. The number of benzene rings is 2. The smallest absolute Gasteiger partial charge is 0.415 e. The van der Waals surface area contributed by atoms with Crippen LogP contribution in [0.1, 0.15) is 50.0 Å². The van der Waals surface area contributed by atoms with Crippen molar-refractivity contribution in [2.24, 2.45) is 5.92 Å². The van der Waals surface area contributed by atoms with Crippen molar-refractivity contribution < 1.29 is 46.8 Å². The van der Waals surface area contributed by atoms with Gasteiger partial charge in [-0.1, -0.05) is 41.4 Å². The molecule has 16 heteroatoms. The highest BCUT2D eigenvalue weighted by Gasteiger charge is 2.38. The molecule has 1 amide bonds. The minimum absolute atomic E-state index is 0.0145. The Kier molecular flexibility index (Phi) is 11.2. The summed E-state index contributed by atoms with van der Waals surface area (Å²) in [6.45, 7) is -0.925. The summed E-state index contributed by atoms with van der Waals surface area (Å²) in [7, 11) is 1.27. The molecule has 3 saturated heterocycles. The normalized spacial score (nSPS) is 18.8. The number of carbonyl (C=O) groups is 2. The summed E-state index contributed by atoms with van der Waals surface area (Å²) in [6.07, 6.45) is 2.81. The third kappa shape index (κ3) is 8.14.